The van der Waals surface area contributed by atoms with Gasteiger partial charge in [-0.05, 0) is 38.6 Å². The number of anilines is 1. The van der Waals surface area contributed by atoms with E-state index in [2.05, 4.69) is 11.4 Å². The van der Waals surface area contributed by atoms with E-state index in [0.29, 0.717) is 17.9 Å². The van der Waals surface area contributed by atoms with E-state index in [4.69, 9.17) is 5.11 Å². The number of hydrogen-bond donors (Lipinski definition) is 2. The van der Waals surface area contributed by atoms with Crippen LogP contribution >= 0.6 is 0 Å². The van der Waals surface area contributed by atoms with Crippen LogP contribution in [0.4, 0.5) is 5.82 Å². The van der Waals surface area contributed by atoms with Crippen LogP contribution in [0.15, 0.2) is 30.3 Å². The molecule has 0 bridgehead atoms. The third-order valence-corrected chi connectivity index (χ3v) is 3.99. The van der Waals surface area contributed by atoms with Crippen LogP contribution in [0, 0.1) is 25.2 Å². The van der Waals surface area contributed by atoms with Gasteiger partial charge >= 0.3 is 0 Å². The SMILES string of the molecule is Cc1c(C#N)c(NC(=O)CN(C)CCO)n(-c2ccccc2)c1C. The summed E-state index contributed by atoms with van der Waals surface area (Å²) in [7, 11) is 1.76. The minimum atomic E-state index is -0.225. The van der Waals surface area contributed by atoms with Crippen LogP contribution < -0.4 is 5.32 Å². The molecule has 0 aliphatic heterocycles. The predicted octanol–water partition coefficient (Wildman–Crippen LogP) is 1.83. The van der Waals surface area contributed by atoms with Crippen molar-refractivity contribution >= 4 is 11.7 Å². The highest BCUT2D eigenvalue weighted by atomic mass is 16.3. The first-order valence-corrected chi connectivity index (χ1v) is 7.76. The summed E-state index contributed by atoms with van der Waals surface area (Å²) in [4.78, 5) is 14.0. The van der Waals surface area contributed by atoms with E-state index < -0.39 is 0 Å². The van der Waals surface area contributed by atoms with E-state index in [0.717, 1.165) is 16.9 Å². The topological polar surface area (TPSA) is 81.3 Å². The van der Waals surface area contributed by atoms with Crippen LogP contribution in [0.2, 0.25) is 0 Å². The van der Waals surface area contributed by atoms with E-state index in [1.165, 1.54) is 0 Å². The van der Waals surface area contributed by atoms with Crippen LogP contribution in [0.1, 0.15) is 16.8 Å². The van der Waals surface area contributed by atoms with Crippen LogP contribution in [-0.4, -0.2) is 47.2 Å². The number of carbonyl (C=O) groups is 1. The molecule has 0 aliphatic rings. The number of likely N-dealkylation sites (N-methyl/N-ethyl adjacent to an activating group) is 1. The number of benzene rings is 1. The molecule has 1 aromatic carbocycles. The lowest BCUT2D eigenvalue weighted by atomic mass is 10.2. The van der Waals surface area contributed by atoms with Crippen molar-refractivity contribution in [1.82, 2.24) is 9.47 Å². The molecule has 0 unspecified atom stereocenters. The normalized spacial score (nSPS) is 10.7. The molecule has 0 spiro atoms. The van der Waals surface area contributed by atoms with E-state index >= 15 is 0 Å². The van der Waals surface area contributed by atoms with Gasteiger partial charge in [0.15, 0.2) is 0 Å². The zero-order valence-corrected chi connectivity index (χ0v) is 14.2. The van der Waals surface area contributed by atoms with Crippen molar-refractivity contribution in [3.8, 4) is 11.8 Å². The van der Waals surface area contributed by atoms with Crippen LogP contribution in [0.3, 0.4) is 0 Å². The number of aliphatic hydroxyl groups excluding tert-OH is 1. The van der Waals surface area contributed by atoms with Gasteiger partial charge in [0, 0.05) is 17.9 Å². The second-order valence-corrected chi connectivity index (χ2v) is 5.73. The smallest absolute Gasteiger partial charge is 0.239 e. The summed E-state index contributed by atoms with van der Waals surface area (Å²) < 4.78 is 1.89. The Bertz CT molecular complexity index is 760. The molecular weight excluding hydrogens is 304 g/mol. The second kappa shape index (κ2) is 7.77. The molecule has 0 saturated heterocycles. The van der Waals surface area contributed by atoms with E-state index in [-0.39, 0.29) is 19.1 Å². The van der Waals surface area contributed by atoms with Crippen LogP contribution in [0.25, 0.3) is 5.69 Å². The van der Waals surface area contributed by atoms with Gasteiger partial charge in [0.25, 0.3) is 0 Å². The molecule has 1 heterocycles. The number of aromatic nitrogens is 1. The Morgan fingerprint density at radius 1 is 1.33 bits per heavy atom. The molecular formula is C18H22N4O2. The highest BCUT2D eigenvalue weighted by molar-refractivity contribution is 5.93. The van der Waals surface area contributed by atoms with Crippen molar-refractivity contribution in [3.63, 3.8) is 0 Å². The van der Waals surface area contributed by atoms with Crippen molar-refractivity contribution in [3.05, 3.63) is 47.2 Å². The third kappa shape index (κ3) is 3.65. The molecule has 0 aliphatic carbocycles. The van der Waals surface area contributed by atoms with E-state index in [9.17, 15) is 10.1 Å². The Hall–Kier alpha value is -2.62. The highest BCUT2D eigenvalue weighted by Crippen LogP contribution is 2.29. The Kier molecular flexibility index (Phi) is 5.74. The fraction of sp³-hybridized carbons (Fsp3) is 0.333. The fourth-order valence-corrected chi connectivity index (χ4v) is 2.63. The fourth-order valence-electron chi connectivity index (χ4n) is 2.63. The molecule has 2 N–H and O–H groups in total. The summed E-state index contributed by atoms with van der Waals surface area (Å²) in [5.74, 6) is 0.262. The number of nitriles is 1. The second-order valence-electron chi connectivity index (χ2n) is 5.73. The van der Waals surface area contributed by atoms with Gasteiger partial charge < -0.3 is 10.4 Å². The van der Waals surface area contributed by atoms with Crippen molar-refractivity contribution in [1.29, 1.82) is 5.26 Å². The maximum absolute atomic E-state index is 12.3. The van der Waals surface area contributed by atoms with Gasteiger partial charge in [-0.25, -0.2) is 0 Å². The van der Waals surface area contributed by atoms with Gasteiger partial charge in [0.2, 0.25) is 5.91 Å². The summed E-state index contributed by atoms with van der Waals surface area (Å²) in [5, 5.41) is 21.3. The summed E-state index contributed by atoms with van der Waals surface area (Å²) >= 11 is 0. The molecule has 0 fully saturated rings. The molecule has 2 rings (SSSR count). The number of hydrogen-bond acceptors (Lipinski definition) is 4. The maximum Gasteiger partial charge on any atom is 0.239 e. The van der Waals surface area contributed by atoms with Gasteiger partial charge in [-0.15, -0.1) is 0 Å². The average Bonchev–Trinajstić information content (AvgIpc) is 2.78. The molecule has 1 aromatic heterocycles. The minimum absolute atomic E-state index is 0.00810. The average molecular weight is 326 g/mol. The number of nitrogens with zero attached hydrogens (tertiary/aromatic N) is 3. The van der Waals surface area contributed by atoms with Crippen molar-refractivity contribution < 1.29 is 9.90 Å². The molecule has 126 valence electrons. The summed E-state index contributed by atoms with van der Waals surface area (Å²) in [6.45, 7) is 4.35. The van der Waals surface area contributed by atoms with Crippen molar-refractivity contribution in [2.75, 3.05) is 32.1 Å². The largest absolute Gasteiger partial charge is 0.395 e. The lowest BCUT2D eigenvalue weighted by Crippen LogP contribution is -2.32. The molecule has 0 saturated carbocycles. The number of carbonyl (C=O) groups excluding carboxylic acids is 1. The first-order chi connectivity index (χ1) is 11.5. The van der Waals surface area contributed by atoms with Gasteiger partial charge in [0.05, 0.1) is 18.7 Å². The number of aliphatic hydroxyl groups is 1. The lowest BCUT2D eigenvalue weighted by Gasteiger charge is -2.16. The zero-order valence-electron chi connectivity index (χ0n) is 14.2. The number of nitrogens with one attached hydrogen (secondary N) is 1. The molecule has 0 radical (unpaired) electrons. The number of rotatable bonds is 6. The van der Waals surface area contributed by atoms with Crippen LogP contribution in [-0.2, 0) is 4.79 Å². The summed E-state index contributed by atoms with van der Waals surface area (Å²) in [5.41, 5.74) is 3.12. The van der Waals surface area contributed by atoms with Gasteiger partial charge in [0.1, 0.15) is 11.9 Å². The number of amides is 1. The third-order valence-electron chi connectivity index (χ3n) is 3.99. The van der Waals surface area contributed by atoms with Crippen molar-refractivity contribution in [2.24, 2.45) is 0 Å². The van der Waals surface area contributed by atoms with Gasteiger partial charge in [-0.3, -0.25) is 14.3 Å². The number of para-hydroxylation sites is 1. The minimum Gasteiger partial charge on any atom is -0.395 e. The first kappa shape index (κ1) is 17.7. The zero-order chi connectivity index (χ0) is 17.7. The Morgan fingerprint density at radius 3 is 2.58 bits per heavy atom. The molecule has 1 amide bonds. The summed E-state index contributed by atoms with van der Waals surface area (Å²) in [6, 6.07) is 11.8. The maximum atomic E-state index is 12.3. The Balaban J connectivity index is 2.40. The van der Waals surface area contributed by atoms with E-state index in [1.807, 2.05) is 48.7 Å². The van der Waals surface area contributed by atoms with Crippen LogP contribution in [0.5, 0.6) is 0 Å². The highest BCUT2D eigenvalue weighted by Gasteiger charge is 2.20. The standard InChI is InChI=1S/C18H22N4O2/c1-13-14(2)22(15-7-5-4-6-8-15)18(16(13)11-19)20-17(24)12-21(3)9-10-23/h4-8,23H,9-10,12H2,1-3H3,(H,20,24). The van der Waals surface area contributed by atoms with Gasteiger partial charge in [-0.1, -0.05) is 18.2 Å². The van der Waals surface area contributed by atoms with Gasteiger partial charge in [-0.2, -0.15) is 5.26 Å². The van der Waals surface area contributed by atoms with Crippen molar-refractivity contribution in [2.45, 2.75) is 13.8 Å². The molecule has 2 aromatic rings. The lowest BCUT2D eigenvalue weighted by molar-refractivity contribution is -0.117. The summed E-state index contributed by atoms with van der Waals surface area (Å²) in [6.07, 6.45) is 0. The molecule has 6 heteroatoms. The molecule has 6 nitrogen and oxygen atoms in total. The monoisotopic (exact) mass is 326 g/mol. The Morgan fingerprint density at radius 2 is 2.00 bits per heavy atom. The molecule has 0 atom stereocenters. The quantitative estimate of drug-likeness (QED) is 0.848. The molecule has 24 heavy (non-hydrogen) atoms. The Labute approximate surface area is 141 Å². The van der Waals surface area contributed by atoms with E-state index in [1.54, 1.807) is 11.9 Å². The predicted molar refractivity (Wildman–Crippen MR) is 93.2 cm³/mol. The first-order valence-electron chi connectivity index (χ1n) is 7.76.